The van der Waals surface area contributed by atoms with Gasteiger partial charge in [0.15, 0.2) is 0 Å². The average Bonchev–Trinajstić information content (AvgIpc) is 2.50. The summed E-state index contributed by atoms with van der Waals surface area (Å²) in [5.74, 6) is 9.96. The monoisotopic (exact) mass is 300 g/mol. The van der Waals surface area contributed by atoms with Crippen LogP contribution in [0.3, 0.4) is 0 Å². The van der Waals surface area contributed by atoms with E-state index in [-0.39, 0.29) is 17.7 Å². The molecule has 124 valence electrons. The summed E-state index contributed by atoms with van der Waals surface area (Å²) in [6, 6.07) is 0. The quantitative estimate of drug-likeness (QED) is 0.180. The van der Waals surface area contributed by atoms with Crippen molar-refractivity contribution in [2.45, 2.75) is 77.6 Å². The molecule has 1 atom stereocenters. The molecule has 0 aromatic carbocycles. The minimum absolute atomic E-state index is 0.0146. The summed E-state index contributed by atoms with van der Waals surface area (Å²) in [5, 5.41) is 0. The van der Waals surface area contributed by atoms with Gasteiger partial charge in [0.25, 0.3) is 0 Å². The van der Waals surface area contributed by atoms with E-state index in [0.717, 1.165) is 25.7 Å². The van der Waals surface area contributed by atoms with Crippen LogP contribution in [0.25, 0.3) is 0 Å². The van der Waals surface area contributed by atoms with E-state index in [9.17, 15) is 9.59 Å². The highest BCUT2D eigenvalue weighted by atomic mass is 16.2. The topological polar surface area (TPSA) is 110 Å². The molecule has 0 heterocycles. The van der Waals surface area contributed by atoms with E-state index < -0.39 is 0 Å². The van der Waals surface area contributed by atoms with Crippen LogP contribution in [0.4, 0.5) is 0 Å². The third-order valence-corrected chi connectivity index (χ3v) is 3.79. The summed E-state index contributed by atoms with van der Waals surface area (Å²) in [4.78, 5) is 22.1. The lowest BCUT2D eigenvalue weighted by atomic mass is 10.0. The fraction of sp³-hybridized carbons (Fsp3) is 0.867. The number of unbranched alkanes of at least 4 members (excludes halogenated alkanes) is 8. The maximum Gasteiger partial charge on any atom is 0.236 e. The minimum Gasteiger partial charge on any atom is -0.294 e. The Balaban J connectivity index is 3.19. The van der Waals surface area contributed by atoms with Gasteiger partial charge in [-0.05, 0) is 12.8 Å². The summed E-state index contributed by atoms with van der Waals surface area (Å²) in [7, 11) is 0. The van der Waals surface area contributed by atoms with E-state index in [1.54, 1.807) is 0 Å². The van der Waals surface area contributed by atoms with Crippen LogP contribution in [-0.2, 0) is 9.59 Å². The molecule has 6 N–H and O–H groups in total. The summed E-state index contributed by atoms with van der Waals surface area (Å²) < 4.78 is 0. The Hall–Kier alpha value is -1.14. The predicted molar refractivity (Wildman–Crippen MR) is 84.6 cm³/mol. The third-order valence-electron chi connectivity index (χ3n) is 3.79. The van der Waals surface area contributed by atoms with E-state index in [1.165, 1.54) is 38.5 Å². The summed E-state index contributed by atoms with van der Waals surface area (Å²) in [5.41, 5.74) is 4.33. The van der Waals surface area contributed by atoms with Gasteiger partial charge in [-0.3, -0.25) is 20.4 Å². The van der Waals surface area contributed by atoms with Crippen molar-refractivity contribution in [2.24, 2.45) is 17.6 Å². The van der Waals surface area contributed by atoms with Gasteiger partial charge in [0.2, 0.25) is 11.8 Å². The first kappa shape index (κ1) is 19.9. The fourth-order valence-electron chi connectivity index (χ4n) is 2.32. The van der Waals surface area contributed by atoms with Crippen molar-refractivity contribution in [2.75, 3.05) is 0 Å². The van der Waals surface area contributed by atoms with E-state index >= 15 is 0 Å². The highest BCUT2D eigenvalue weighted by Crippen LogP contribution is 2.13. The molecule has 0 bridgehead atoms. The van der Waals surface area contributed by atoms with Crippen LogP contribution in [0.1, 0.15) is 77.6 Å². The third kappa shape index (κ3) is 12.3. The van der Waals surface area contributed by atoms with Crippen molar-refractivity contribution in [3.63, 3.8) is 0 Å². The lowest BCUT2D eigenvalue weighted by Gasteiger charge is -2.08. The number of carbonyl (C=O) groups excluding carboxylic acids is 2. The minimum atomic E-state index is -0.0763. The molecular formula is C15H32N4O2. The second-order valence-corrected chi connectivity index (χ2v) is 5.70. The van der Waals surface area contributed by atoms with Gasteiger partial charge in [0.1, 0.15) is 0 Å². The molecule has 0 fully saturated rings. The smallest absolute Gasteiger partial charge is 0.236 e. The second kappa shape index (κ2) is 13.8. The molecule has 0 saturated heterocycles. The number of nitrogens with two attached hydrogens (primary N) is 2. The van der Waals surface area contributed by atoms with Gasteiger partial charge in [0.05, 0.1) is 0 Å². The summed E-state index contributed by atoms with van der Waals surface area (Å²) >= 11 is 0. The SMILES string of the molecule is CC(CCCCCCCCCCCC(=O)NN)C(=O)NN. The Bertz CT molecular complexity index is 285. The molecule has 21 heavy (non-hydrogen) atoms. The number of rotatable bonds is 13. The summed E-state index contributed by atoms with van der Waals surface area (Å²) in [6.07, 6.45) is 11.9. The van der Waals surface area contributed by atoms with E-state index in [2.05, 4.69) is 10.9 Å². The molecule has 2 amide bonds. The van der Waals surface area contributed by atoms with Crippen LogP contribution in [-0.4, -0.2) is 11.8 Å². The lowest BCUT2D eigenvalue weighted by molar-refractivity contribution is -0.124. The molecule has 1 unspecified atom stereocenters. The van der Waals surface area contributed by atoms with Gasteiger partial charge in [-0.1, -0.05) is 58.3 Å². The molecule has 0 aromatic rings. The normalized spacial score (nSPS) is 12.0. The second-order valence-electron chi connectivity index (χ2n) is 5.70. The van der Waals surface area contributed by atoms with Gasteiger partial charge < -0.3 is 0 Å². The standard InChI is InChI=1S/C15H32N4O2/c1-13(15(21)19-17)11-9-7-5-3-2-4-6-8-10-12-14(20)18-16/h13H,2-12,16-17H2,1H3,(H,18,20)(H,19,21). The fourth-order valence-corrected chi connectivity index (χ4v) is 2.32. The molecular weight excluding hydrogens is 268 g/mol. The number of nitrogens with one attached hydrogen (secondary N) is 2. The van der Waals surface area contributed by atoms with E-state index in [0.29, 0.717) is 6.42 Å². The first-order chi connectivity index (χ1) is 10.1. The first-order valence-corrected chi connectivity index (χ1v) is 8.11. The van der Waals surface area contributed by atoms with Crippen molar-refractivity contribution in [3.8, 4) is 0 Å². The highest BCUT2D eigenvalue weighted by molar-refractivity contribution is 5.77. The van der Waals surface area contributed by atoms with Gasteiger partial charge in [-0.25, -0.2) is 11.7 Å². The van der Waals surface area contributed by atoms with Gasteiger partial charge in [-0.15, -0.1) is 0 Å². The average molecular weight is 300 g/mol. The number of hydrazine groups is 2. The molecule has 0 spiro atoms. The van der Waals surface area contributed by atoms with Gasteiger partial charge in [-0.2, -0.15) is 0 Å². The van der Waals surface area contributed by atoms with Crippen molar-refractivity contribution in [3.05, 3.63) is 0 Å². The van der Waals surface area contributed by atoms with Crippen LogP contribution < -0.4 is 22.5 Å². The van der Waals surface area contributed by atoms with Crippen molar-refractivity contribution in [1.29, 1.82) is 0 Å². The van der Waals surface area contributed by atoms with Crippen LogP contribution in [0.5, 0.6) is 0 Å². The summed E-state index contributed by atoms with van der Waals surface area (Å²) in [6.45, 7) is 1.91. The zero-order chi connectivity index (χ0) is 15.9. The van der Waals surface area contributed by atoms with Crippen LogP contribution in [0.15, 0.2) is 0 Å². The lowest BCUT2D eigenvalue weighted by Crippen LogP contribution is -2.34. The Labute approximate surface area is 128 Å². The Kier molecular flexibility index (Phi) is 13.1. The molecule has 6 heteroatoms. The number of carbonyl (C=O) groups is 2. The Morgan fingerprint density at radius 2 is 1.29 bits per heavy atom. The first-order valence-electron chi connectivity index (χ1n) is 8.11. The zero-order valence-corrected chi connectivity index (χ0v) is 13.3. The maximum absolute atomic E-state index is 11.2. The number of hydrogen-bond acceptors (Lipinski definition) is 4. The van der Waals surface area contributed by atoms with Crippen LogP contribution in [0, 0.1) is 5.92 Å². The van der Waals surface area contributed by atoms with Gasteiger partial charge in [0, 0.05) is 12.3 Å². The highest BCUT2D eigenvalue weighted by Gasteiger charge is 2.09. The molecule has 0 aromatic heterocycles. The molecule has 0 aliphatic heterocycles. The molecule has 0 aliphatic rings. The Morgan fingerprint density at radius 3 is 1.76 bits per heavy atom. The molecule has 6 nitrogen and oxygen atoms in total. The van der Waals surface area contributed by atoms with Crippen LogP contribution in [0.2, 0.25) is 0 Å². The van der Waals surface area contributed by atoms with E-state index in [4.69, 9.17) is 11.7 Å². The Morgan fingerprint density at radius 1 is 0.810 bits per heavy atom. The van der Waals surface area contributed by atoms with E-state index in [1.807, 2.05) is 6.92 Å². The molecule has 0 aliphatic carbocycles. The largest absolute Gasteiger partial charge is 0.294 e. The van der Waals surface area contributed by atoms with Crippen molar-refractivity contribution < 1.29 is 9.59 Å². The zero-order valence-electron chi connectivity index (χ0n) is 13.3. The maximum atomic E-state index is 11.2. The molecule has 0 radical (unpaired) electrons. The number of amides is 2. The molecule has 0 saturated carbocycles. The number of hydrogen-bond donors (Lipinski definition) is 4. The predicted octanol–water partition coefficient (Wildman–Crippen LogP) is 1.89. The van der Waals surface area contributed by atoms with Crippen LogP contribution >= 0.6 is 0 Å². The van der Waals surface area contributed by atoms with Crippen molar-refractivity contribution >= 4 is 11.8 Å². The van der Waals surface area contributed by atoms with Crippen molar-refractivity contribution in [1.82, 2.24) is 10.9 Å². The van der Waals surface area contributed by atoms with Gasteiger partial charge >= 0.3 is 0 Å². The molecule has 0 rings (SSSR count).